The van der Waals surface area contributed by atoms with Crippen LogP contribution in [0.15, 0.2) is 24.3 Å². The molecule has 0 saturated carbocycles. The van der Waals surface area contributed by atoms with Gasteiger partial charge in [0.1, 0.15) is 6.04 Å². The van der Waals surface area contributed by atoms with E-state index < -0.39 is 0 Å². The highest BCUT2D eigenvalue weighted by atomic mass is 16.3. The molecule has 1 amide bonds. The van der Waals surface area contributed by atoms with Gasteiger partial charge < -0.3 is 15.7 Å². The molecule has 0 radical (unpaired) electrons. The number of fused-ring (bicyclic) bond motifs is 1. The molecule has 1 aromatic carbocycles. The van der Waals surface area contributed by atoms with E-state index in [2.05, 4.69) is 16.7 Å². The fourth-order valence-corrected chi connectivity index (χ4v) is 2.30. The van der Waals surface area contributed by atoms with E-state index in [1.165, 1.54) is 5.56 Å². The molecule has 2 atom stereocenters. The molecule has 0 bridgehead atoms. The second-order valence-corrected chi connectivity index (χ2v) is 4.63. The third kappa shape index (κ3) is 2.71. The second kappa shape index (κ2) is 5.98. The first-order valence-electron chi connectivity index (χ1n) is 6.48. The van der Waals surface area contributed by atoms with Crippen molar-refractivity contribution in [3.63, 3.8) is 0 Å². The monoisotopic (exact) mass is 248 g/mol. The van der Waals surface area contributed by atoms with Crippen molar-refractivity contribution in [2.45, 2.75) is 31.8 Å². The number of carbonyl (C=O) groups excluding carboxylic acids is 1. The van der Waals surface area contributed by atoms with Crippen LogP contribution in [-0.2, 0) is 11.2 Å². The van der Waals surface area contributed by atoms with Gasteiger partial charge in [-0.15, -0.1) is 0 Å². The Hall–Kier alpha value is -1.39. The number of hydrogen-bond donors (Lipinski definition) is 3. The highest BCUT2D eigenvalue weighted by Gasteiger charge is 2.26. The van der Waals surface area contributed by atoms with Crippen molar-refractivity contribution in [1.29, 1.82) is 0 Å². The highest BCUT2D eigenvalue weighted by molar-refractivity contribution is 5.84. The largest absolute Gasteiger partial charge is 0.394 e. The van der Waals surface area contributed by atoms with E-state index in [0.717, 1.165) is 24.9 Å². The van der Waals surface area contributed by atoms with Crippen molar-refractivity contribution >= 4 is 5.91 Å². The molecule has 1 aromatic rings. The van der Waals surface area contributed by atoms with Gasteiger partial charge in [0.25, 0.3) is 0 Å². The van der Waals surface area contributed by atoms with Gasteiger partial charge in [-0.05, 0) is 24.0 Å². The molecular weight excluding hydrogens is 228 g/mol. The lowest BCUT2D eigenvalue weighted by molar-refractivity contribution is -0.124. The van der Waals surface area contributed by atoms with Crippen molar-refractivity contribution in [3.8, 4) is 0 Å². The quantitative estimate of drug-likeness (QED) is 0.737. The molecular formula is C14H20N2O2. The van der Waals surface area contributed by atoms with Crippen molar-refractivity contribution < 1.29 is 9.90 Å². The molecule has 18 heavy (non-hydrogen) atoms. The lowest BCUT2D eigenvalue weighted by atomic mass is 9.94. The van der Waals surface area contributed by atoms with E-state index >= 15 is 0 Å². The van der Waals surface area contributed by atoms with Crippen molar-refractivity contribution in [3.05, 3.63) is 35.4 Å². The number of aliphatic hydroxyl groups is 1. The van der Waals surface area contributed by atoms with Gasteiger partial charge in [0, 0.05) is 6.54 Å². The summed E-state index contributed by atoms with van der Waals surface area (Å²) in [5, 5.41) is 15.2. The molecule has 2 rings (SSSR count). The van der Waals surface area contributed by atoms with Crippen molar-refractivity contribution in [2.24, 2.45) is 0 Å². The van der Waals surface area contributed by atoms with Gasteiger partial charge in [0.2, 0.25) is 5.91 Å². The van der Waals surface area contributed by atoms with E-state index in [1.807, 2.05) is 25.1 Å². The average Bonchev–Trinajstić information content (AvgIpc) is 2.43. The van der Waals surface area contributed by atoms with E-state index in [-0.39, 0.29) is 24.6 Å². The van der Waals surface area contributed by atoms with Crippen LogP contribution < -0.4 is 10.6 Å². The molecule has 98 valence electrons. The van der Waals surface area contributed by atoms with Gasteiger partial charge in [-0.2, -0.15) is 0 Å². The summed E-state index contributed by atoms with van der Waals surface area (Å²) in [4.78, 5) is 12.2. The van der Waals surface area contributed by atoms with Crippen LogP contribution in [0.2, 0.25) is 0 Å². The van der Waals surface area contributed by atoms with Gasteiger partial charge in [0.05, 0.1) is 12.6 Å². The zero-order valence-corrected chi connectivity index (χ0v) is 10.6. The minimum Gasteiger partial charge on any atom is -0.394 e. The zero-order chi connectivity index (χ0) is 13.0. The average molecular weight is 248 g/mol. The Kier molecular flexibility index (Phi) is 4.33. The Morgan fingerprint density at radius 2 is 2.33 bits per heavy atom. The summed E-state index contributed by atoms with van der Waals surface area (Å²) in [7, 11) is 0. The predicted octanol–water partition coefficient (Wildman–Crippen LogP) is 0.760. The fourth-order valence-electron chi connectivity index (χ4n) is 2.30. The Morgan fingerprint density at radius 3 is 3.06 bits per heavy atom. The van der Waals surface area contributed by atoms with E-state index in [1.54, 1.807) is 0 Å². The molecule has 1 heterocycles. The zero-order valence-electron chi connectivity index (χ0n) is 10.6. The normalized spacial score (nSPS) is 20.0. The number of carbonyl (C=O) groups is 1. The first kappa shape index (κ1) is 13.1. The number of hydrogen-bond acceptors (Lipinski definition) is 3. The molecule has 1 aliphatic rings. The van der Waals surface area contributed by atoms with Gasteiger partial charge in [0.15, 0.2) is 0 Å². The Balaban J connectivity index is 2.12. The smallest absolute Gasteiger partial charge is 0.242 e. The summed E-state index contributed by atoms with van der Waals surface area (Å²) in [6, 6.07) is 7.56. The number of amides is 1. The third-order valence-electron chi connectivity index (χ3n) is 3.43. The Labute approximate surface area is 107 Å². The molecule has 0 saturated heterocycles. The van der Waals surface area contributed by atoms with E-state index in [9.17, 15) is 4.79 Å². The number of rotatable bonds is 4. The van der Waals surface area contributed by atoms with Crippen molar-refractivity contribution in [2.75, 3.05) is 13.2 Å². The lowest BCUT2D eigenvalue weighted by Crippen LogP contribution is -2.46. The minimum absolute atomic E-state index is 0.0173. The standard InChI is InChI=1S/C14H20N2O2/c1-2-11(9-17)16-14(18)13-12-6-4-3-5-10(12)7-8-15-13/h3-6,11,13,15,17H,2,7-9H2,1H3,(H,16,18). The summed E-state index contributed by atoms with van der Waals surface area (Å²) in [6.07, 6.45) is 1.69. The maximum absolute atomic E-state index is 12.2. The van der Waals surface area contributed by atoms with Gasteiger partial charge in [-0.25, -0.2) is 0 Å². The number of nitrogens with one attached hydrogen (secondary N) is 2. The molecule has 0 fully saturated rings. The van der Waals surface area contributed by atoms with Crippen LogP contribution in [0.25, 0.3) is 0 Å². The van der Waals surface area contributed by atoms with Crippen molar-refractivity contribution in [1.82, 2.24) is 10.6 Å². The summed E-state index contributed by atoms with van der Waals surface area (Å²) in [6.45, 7) is 2.74. The summed E-state index contributed by atoms with van der Waals surface area (Å²) >= 11 is 0. The second-order valence-electron chi connectivity index (χ2n) is 4.63. The number of benzene rings is 1. The molecule has 0 aromatic heterocycles. The van der Waals surface area contributed by atoms with Gasteiger partial charge >= 0.3 is 0 Å². The molecule has 4 nitrogen and oxygen atoms in total. The first-order chi connectivity index (χ1) is 8.76. The van der Waals surface area contributed by atoms with E-state index in [4.69, 9.17) is 5.11 Å². The predicted molar refractivity (Wildman–Crippen MR) is 70.2 cm³/mol. The maximum atomic E-state index is 12.2. The fraction of sp³-hybridized carbons (Fsp3) is 0.500. The maximum Gasteiger partial charge on any atom is 0.242 e. The topological polar surface area (TPSA) is 61.4 Å². The van der Waals surface area contributed by atoms with E-state index in [0.29, 0.717) is 0 Å². The van der Waals surface area contributed by atoms with Crippen LogP contribution in [0.4, 0.5) is 0 Å². The van der Waals surface area contributed by atoms with Gasteiger partial charge in [-0.3, -0.25) is 4.79 Å². The van der Waals surface area contributed by atoms with Crippen LogP contribution in [-0.4, -0.2) is 30.2 Å². The van der Waals surface area contributed by atoms with Crippen LogP contribution >= 0.6 is 0 Å². The summed E-state index contributed by atoms with van der Waals surface area (Å²) in [5.41, 5.74) is 2.28. The Morgan fingerprint density at radius 1 is 1.56 bits per heavy atom. The lowest BCUT2D eigenvalue weighted by Gasteiger charge is -2.27. The van der Waals surface area contributed by atoms with Crippen LogP contribution in [0, 0.1) is 0 Å². The molecule has 0 aliphatic carbocycles. The molecule has 2 unspecified atom stereocenters. The van der Waals surface area contributed by atoms with Crippen LogP contribution in [0.1, 0.15) is 30.5 Å². The first-order valence-corrected chi connectivity index (χ1v) is 6.48. The van der Waals surface area contributed by atoms with Crippen LogP contribution in [0.5, 0.6) is 0 Å². The minimum atomic E-state index is -0.296. The molecule has 0 spiro atoms. The molecule has 3 N–H and O–H groups in total. The summed E-state index contributed by atoms with van der Waals surface area (Å²) in [5.74, 6) is -0.0527. The number of aliphatic hydroxyl groups excluding tert-OH is 1. The summed E-state index contributed by atoms with van der Waals surface area (Å²) < 4.78 is 0. The highest BCUT2D eigenvalue weighted by Crippen LogP contribution is 2.22. The SMILES string of the molecule is CCC(CO)NC(=O)C1NCCc2ccccc21. The molecule has 4 heteroatoms. The molecule has 1 aliphatic heterocycles. The Bertz CT molecular complexity index is 416. The third-order valence-corrected chi connectivity index (χ3v) is 3.43. The van der Waals surface area contributed by atoms with Crippen LogP contribution in [0.3, 0.4) is 0 Å². The van der Waals surface area contributed by atoms with Gasteiger partial charge in [-0.1, -0.05) is 31.2 Å².